The standard InChI is InChI=1S/C6H10O5S.Na/c1-3-5-9-10-11-12(7,8)6-4-2;/h4,6H2,1-2H3;. The Hall–Kier alpha value is 0.230. The molecule has 0 aromatic heterocycles. The van der Waals surface area contributed by atoms with E-state index in [4.69, 9.17) is 0 Å². The van der Waals surface area contributed by atoms with Crippen molar-refractivity contribution >= 4 is 39.7 Å². The van der Waals surface area contributed by atoms with Gasteiger partial charge in [0.2, 0.25) is 0 Å². The zero-order valence-electron chi connectivity index (χ0n) is 7.86. The Kier molecular flexibility index (Phi) is 10.6. The third-order valence-corrected chi connectivity index (χ3v) is 1.93. The third kappa shape index (κ3) is 10.1. The molecule has 7 heteroatoms. The van der Waals surface area contributed by atoms with Gasteiger partial charge in [-0.05, 0) is 6.42 Å². The van der Waals surface area contributed by atoms with Crippen molar-refractivity contribution in [3.63, 3.8) is 0 Å². The van der Waals surface area contributed by atoms with Crippen LogP contribution in [0.1, 0.15) is 20.3 Å². The maximum Gasteiger partial charge on any atom is 0.296 e. The molecule has 71 valence electrons. The molecule has 0 atom stereocenters. The summed E-state index contributed by atoms with van der Waals surface area (Å²) in [6.45, 7) is 3.21. The van der Waals surface area contributed by atoms with Crippen LogP contribution in [-0.4, -0.2) is 43.7 Å². The van der Waals surface area contributed by atoms with Gasteiger partial charge < -0.3 is 0 Å². The van der Waals surface area contributed by atoms with Gasteiger partial charge in [0.15, 0.2) is 6.11 Å². The summed E-state index contributed by atoms with van der Waals surface area (Å²) in [5, 5.41) is 3.83. The zero-order valence-corrected chi connectivity index (χ0v) is 10.7. The van der Waals surface area contributed by atoms with Crippen LogP contribution >= 0.6 is 0 Å². The van der Waals surface area contributed by atoms with Gasteiger partial charge >= 0.3 is 0 Å². The van der Waals surface area contributed by atoms with Crippen LogP contribution in [0.5, 0.6) is 0 Å². The first kappa shape index (κ1) is 15.7. The van der Waals surface area contributed by atoms with Crippen LogP contribution in [-0.2, 0) is 24.4 Å². The summed E-state index contributed by atoms with van der Waals surface area (Å²) in [5.41, 5.74) is 0. The SMILES string of the molecule is CC#COOOS(=O)(=O)CCC.[Na]. The maximum atomic E-state index is 10.7. The van der Waals surface area contributed by atoms with Gasteiger partial charge in [0.1, 0.15) is 0 Å². The van der Waals surface area contributed by atoms with Crippen molar-refractivity contribution in [3.05, 3.63) is 0 Å². The molecule has 0 aliphatic heterocycles. The van der Waals surface area contributed by atoms with Gasteiger partial charge in [0, 0.05) is 41.5 Å². The minimum Gasteiger partial charge on any atom is -0.251 e. The fourth-order valence-corrected chi connectivity index (χ4v) is 1.08. The average molecular weight is 217 g/mol. The van der Waals surface area contributed by atoms with Crippen molar-refractivity contribution in [3.8, 4) is 12.0 Å². The number of hydrogen-bond acceptors (Lipinski definition) is 5. The van der Waals surface area contributed by atoms with E-state index in [0.717, 1.165) is 0 Å². The van der Waals surface area contributed by atoms with Gasteiger partial charge in [-0.1, -0.05) is 17.2 Å². The Morgan fingerprint density at radius 3 is 2.46 bits per heavy atom. The van der Waals surface area contributed by atoms with E-state index in [1.807, 2.05) is 6.11 Å². The second-order valence-electron chi connectivity index (χ2n) is 1.83. The van der Waals surface area contributed by atoms with E-state index in [1.165, 1.54) is 6.92 Å². The smallest absolute Gasteiger partial charge is 0.251 e. The topological polar surface area (TPSA) is 61.8 Å². The van der Waals surface area contributed by atoms with Crippen molar-refractivity contribution in [2.75, 3.05) is 5.75 Å². The molecule has 5 nitrogen and oxygen atoms in total. The molecule has 13 heavy (non-hydrogen) atoms. The molecule has 0 saturated heterocycles. The Balaban J connectivity index is 0. The molecule has 0 rings (SSSR count). The molecule has 1 radical (unpaired) electrons. The molecule has 0 heterocycles. The molecule has 0 saturated carbocycles. The van der Waals surface area contributed by atoms with Crippen LogP contribution in [0.2, 0.25) is 0 Å². The van der Waals surface area contributed by atoms with Gasteiger partial charge in [-0.2, -0.15) is 8.42 Å². The molecule has 0 aromatic rings. The molecule has 0 fully saturated rings. The molecule has 0 amide bonds. The normalized spacial score (nSPS) is 9.38. The van der Waals surface area contributed by atoms with Crippen molar-refractivity contribution < 1.29 is 22.7 Å². The van der Waals surface area contributed by atoms with Crippen molar-refractivity contribution in [2.24, 2.45) is 0 Å². The van der Waals surface area contributed by atoms with Gasteiger partial charge in [-0.15, -0.1) is 0 Å². The van der Waals surface area contributed by atoms with Gasteiger partial charge in [0.05, 0.1) is 5.75 Å². The zero-order chi connectivity index (χ0) is 9.45. The van der Waals surface area contributed by atoms with Crippen LogP contribution in [0.3, 0.4) is 0 Å². The first-order valence-corrected chi connectivity index (χ1v) is 4.86. The van der Waals surface area contributed by atoms with Crippen LogP contribution < -0.4 is 0 Å². The van der Waals surface area contributed by atoms with Crippen LogP contribution in [0.4, 0.5) is 0 Å². The van der Waals surface area contributed by atoms with E-state index in [0.29, 0.717) is 6.42 Å². The molecule has 0 aromatic carbocycles. The quantitative estimate of drug-likeness (QED) is 0.216. The third-order valence-electron chi connectivity index (χ3n) is 0.763. The summed E-state index contributed by atoms with van der Waals surface area (Å²) >= 11 is 0. The Labute approximate surface area is 100 Å². The van der Waals surface area contributed by atoms with E-state index in [9.17, 15) is 8.42 Å². The van der Waals surface area contributed by atoms with Gasteiger partial charge in [0.25, 0.3) is 10.1 Å². The van der Waals surface area contributed by atoms with Gasteiger partial charge in [-0.3, -0.25) is 4.89 Å². The van der Waals surface area contributed by atoms with E-state index in [2.05, 4.69) is 20.2 Å². The van der Waals surface area contributed by atoms with Crippen LogP contribution in [0.15, 0.2) is 0 Å². The fraction of sp³-hybridized carbons (Fsp3) is 0.667. The van der Waals surface area contributed by atoms with Crippen LogP contribution in [0, 0.1) is 12.0 Å². The molecule has 0 bridgehead atoms. The Morgan fingerprint density at radius 2 is 2.00 bits per heavy atom. The second kappa shape index (κ2) is 8.81. The molecular weight excluding hydrogens is 207 g/mol. The Bertz CT molecular complexity index is 262. The Morgan fingerprint density at radius 1 is 1.38 bits per heavy atom. The predicted molar refractivity (Wildman–Crippen MR) is 46.5 cm³/mol. The minimum atomic E-state index is -3.63. The summed E-state index contributed by atoms with van der Waals surface area (Å²) in [6.07, 6.45) is 2.45. The first-order chi connectivity index (χ1) is 5.62. The average Bonchev–Trinajstić information content (AvgIpc) is 1.98. The summed E-state index contributed by atoms with van der Waals surface area (Å²) in [4.78, 5) is 4.00. The monoisotopic (exact) mass is 217 g/mol. The molecule has 0 aliphatic rings. The van der Waals surface area contributed by atoms with Crippen molar-refractivity contribution in [1.29, 1.82) is 0 Å². The summed E-state index contributed by atoms with van der Waals surface area (Å²) in [5.74, 6) is 2.20. The molecular formula is C6H10NaO5S. The molecule has 0 unspecified atom stereocenters. The van der Waals surface area contributed by atoms with E-state index in [1.54, 1.807) is 6.92 Å². The molecule has 0 aliphatic carbocycles. The number of rotatable bonds is 5. The maximum absolute atomic E-state index is 10.7. The number of hydrogen-bond donors (Lipinski definition) is 0. The van der Waals surface area contributed by atoms with Crippen LogP contribution in [0.25, 0.3) is 0 Å². The summed E-state index contributed by atoms with van der Waals surface area (Å²) in [7, 11) is -3.63. The fourth-order valence-electron chi connectivity index (χ4n) is 0.399. The van der Waals surface area contributed by atoms with Crippen molar-refractivity contribution in [2.45, 2.75) is 20.3 Å². The van der Waals surface area contributed by atoms with E-state index >= 15 is 0 Å². The van der Waals surface area contributed by atoms with Crippen molar-refractivity contribution in [1.82, 2.24) is 0 Å². The molecule has 0 spiro atoms. The summed E-state index contributed by atoms with van der Waals surface area (Å²) < 4.78 is 25.4. The largest absolute Gasteiger partial charge is 0.296 e. The van der Waals surface area contributed by atoms with E-state index in [-0.39, 0.29) is 35.3 Å². The second-order valence-corrected chi connectivity index (χ2v) is 3.49. The predicted octanol–water partition coefficient (Wildman–Crippen LogP) is 0.206. The minimum absolute atomic E-state index is 0. The first-order valence-electron chi connectivity index (χ1n) is 3.28. The summed E-state index contributed by atoms with van der Waals surface area (Å²) in [6, 6.07) is 0. The van der Waals surface area contributed by atoms with E-state index < -0.39 is 10.1 Å². The van der Waals surface area contributed by atoms with Gasteiger partial charge in [-0.25, -0.2) is 0 Å². The molecule has 0 N–H and O–H groups in total.